The number of halogens is 3. The molecule has 1 atom stereocenters. The molecule has 1 saturated heterocycles. The summed E-state index contributed by atoms with van der Waals surface area (Å²) < 4.78 is 44.0. The molecule has 0 amide bonds. The van der Waals surface area contributed by atoms with Gasteiger partial charge in [-0.05, 0) is 50.2 Å². The molecule has 1 aromatic carbocycles. The lowest BCUT2D eigenvalue weighted by atomic mass is 10.1. The van der Waals surface area contributed by atoms with E-state index in [0.717, 1.165) is 50.2 Å². The molecule has 0 saturated carbocycles. The molecule has 1 aliphatic rings. The van der Waals surface area contributed by atoms with Gasteiger partial charge in [0, 0.05) is 12.6 Å². The van der Waals surface area contributed by atoms with Crippen molar-refractivity contribution < 1.29 is 22.5 Å². The van der Waals surface area contributed by atoms with Crippen molar-refractivity contribution in [2.24, 2.45) is 0 Å². The van der Waals surface area contributed by atoms with E-state index in [2.05, 4.69) is 10.2 Å². The van der Waals surface area contributed by atoms with Crippen LogP contribution in [0.2, 0.25) is 0 Å². The van der Waals surface area contributed by atoms with Gasteiger partial charge in [-0.1, -0.05) is 6.42 Å². The molecule has 2 aromatic rings. The van der Waals surface area contributed by atoms with Crippen molar-refractivity contribution in [1.82, 2.24) is 4.90 Å². The molecule has 6 nitrogen and oxygen atoms in total. The Morgan fingerprint density at radius 1 is 1.22 bits per heavy atom. The van der Waals surface area contributed by atoms with Crippen molar-refractivity contribution >= 4 is 11.4 Å². The summed E-state index contributed by atoms with van der Waals surface area (Å²) >= 11 is 0. The third-order valence-electron chi connectivity index (χ3n) is 4.71. The highest BCUT2D eigenvalue weighted by atomic mass is 19.4. The number of alkyl halides is 3. The normalized spacial score (nSPS) is 16.9. The van der Waals surface area contributed by atoms with E-state index < -0.39 is 22.4 Å². The molecule has 0 bridgehead atoms. The number of nitrogens with one attached hydrogen (secondary N) is 1. The third-order valence-corrected chi connectivity index (χ3v) is 4.71. The van der Waals surface area contributed by atoms with Gasteiger partial charge in [0.25, 0.3) is 5.69 Å². The minimum Gasteiger partial charge on any atom is -0.468 e. The van der Waals surface area contributed by atoms with Crippen molar-refractivity contribution in [3.05, 3.63) is 58.0 Å². The van der Waals surface area contributed by atoms with Gasteiger partial charge < -0.3 is 9.73 Å². The van der Waals surface area contributed by atoms with Crippen LogP contribution >= 0.6 is 0 Å². The zero-order valence-corrected chi connectivity index (χ0v) is 14.5. The topological polar surface area (TPSA) is 71.5 Å². The summed E-state index contributed by atoms with van der Waals surface area (Å²) in [5, 5.41) is 14.2. The van der Waals surface area contributed by atoms with Crippen molar-refractivity contribution in [3.8, 4) is 0 Å². The van der Waals surface area contributed by atoms with Crippen LogP contribution < -0.4 is 5.32 Å². The van der Waals surface area contributed by atoms with E-state index in [4.69, 9.17) is 4.42 Å². The molecular weight excluding hydrogens is 363 g/mol. The van der Waals surface area contributed by atoms with Crippen LogP contribution in [0.3, 0.4) is 0 Å². The fourth-order valence-corrected chi connectivity index (χ4v) is 3.34. The second-order valence-electron chi connectivity index (χ2n) is 6.50. The maximum absolute atomic E-state index is 12.8. The largest absolute Gasteiger partial charge is 0.468 e. The highest BCUT2D eigenvalue weighted by Crippen LogP contribution is 2.35. The average molecular weight is 383 g/mol. The molecule has 146 valence electrons. The summed E-state index contributed by atoms with van der Waals surface area (Å²) in [5.74, 6) is 0.721. The van der Waals surface area contributed by atoms with Crippen LogP contribution in [0.5, 0.6) is 0 Å². The third kappa shape index (κ3) is 4.60. The maximum atomic E-state index is 12.8. The lowest BCUT2D eigenvalue weighted by Gasteiger charge is -2.33. The number of likely N-dealkylation sites (tertiary alicyclic amines) is 1. The number of rotatable bonds is 6. The number of hydrogen-bond acceptors (Lipinski definition) is 5. The van der Waals surface area contributed by atoms with E-state index in [1.807, 2.05) is 6.07 Å². The molecule has 2 heterocycles. The first-order valence-electron chi connectivity index (χ1n) is 8.73. The lowest BCUT2D eigenvalue weighted by molar-refractivity contribution is -0.384. The standard InChI is InChI=1S/C18H20F3N3O3/c19-18(20,21)13-6-7-14(15(11-13)24(25)26)22-12-16(17-5-4-10-27-17)23-8-2-1-3-9-23/h4-7,10-11,16,22H,1-3,8-9,12H2/t16-/m1/s1. The monoisotopic (exact) mass is 383 g/mol. The fourth-order valence-electron chi connectivity index (χ4n) is 3.34. The predicted molar refractivity (Wildman–Crippen MR) is 93.5 cm³/mol. The Morgan fingerprint density at radius 3 is 2.56 bits per heavy atom. The van der Waals surface area contributed by atoms with Gasteiger partial charge in [-0.2, -0.15) is 13.2 Å². The van der Waals surface area contributed by atoms with Gasteiger partial charge in [0.2, 0.25) is 0 Å². The summed E-state index contributed by atoms with van der Waals surface area (Å²) in [7, 11) is 0. The first kappa shape index (κ1) is 19.2. The molecule has 1 N–H and O–H groups in total. The van der Waals surface area contributed by atoms with Crippen molar-refractivity contribution in [2.45, 2.75) is 31.5 Å². The van der Waals surface area contributed by atoms with Crippen molar-refractivity contribution in [1.29, 1.82) is 0 Å². The van der Waals surface area contributed by atoms with Crippen LogP contribution in [-0.2, 0) is 6.18 Å². The number of nitro benzene ring substituents is 1. The number of furan rings is 1. The molecule has 0 spiro atoms. The summed E-state index contributed by atoms with van der Waals surface area (Å²) in [6, 6.07) is 5.97. The molecule has 3 rings (SSSR count). The van der Waals surface area contributed by atoms with Crippen molar-refractivity contribution in [3.63, 3.8) is 0 Å². The Kier molecular flexibility index (Phi) is 5.69. The molecule has 0 aliphatic carbocycles. The highest BCUT2D eigenvalue weighted by molar-refractivity contribution is 5.63. The minimum absolute atomic E-state index is 0.0570. The van der Waals surface area contributed by atoms with Gasteiger partial charge in [-0.25, -0.2) is 0 Å². The molecule has 0 radical (unpaired) electrons. The van der Waals surface area contributed by atoms with Crippen LogP contribution in [0.4, 0.5) is 24.5 Å². The summed E-state index contributed by atoms with van der Waals surface area (Å²) in [6.07, 6.45) is 0.190. The van der Waals surface area contributed by atoms with E-state index in [-0.39, 0.29) is 11.7 Å². The second kappa shape index (κ2) is 7.99. The van der Waals surface area contributed by atoms with Gasteiger partial charge in [0.1, 0.15) is 11.4 Å². The van der Waals surface area contributed by atoms with Gasteiger partial charge >= 0.3 is 6.18 Å². The SMILES string of the molecule is O=[N+]([O-])c1cc(C(F)(F)F)ccc1NC[C@H](c1ccco1)N1CCCCC1. The van der Waals surface area contributed by atoms with Crippen LogP contribution in [0.15, 0.2) is 41.0 Å². The molecule has 9 heteroatoms. The molecular formula is C18H20F3N3O3. The molecule has 1 aromatic heterocycles. The Hall–Kier alpha value is -2.55. The quantitative estimate of drug-likeness (QED) is 0.571. The first-order valence-corrected chi connectivity index (χ1v) is 8.73. The molecule has 0 unspecified atom stereocenters. The minimum atomic E-state index is -4.63. The van der Waals surface area contributed by atoms with E-state index in [0.29, 0.717) is 12.6 Å². The molecule has 27 heavy (non-hydrogen) atoms. The number of anilines is 1. The number of benzene rings is 1. The first-order chi connectivity index (χ1) is 12.9. The van der Waals surface area contributed by atoms with Gasteiger partial charge in [0.15, 0.2) is 0 Å². The van der Waals surface area contributed by atoms with Gasteiger partial charge in [-0.15, -0.1) is 0 Å². The summed E-state index contributed by atoms with van der Waals surface area (Å²) in [4.78, 5) is 12.7. The second-order valence-corrected chi connectivity index (χ2v) is 6.50. The Bertz CT molecular complexity index is 772. The van der Waals surface area contributed by atoms with Crippen molar-refractivity contribution in [2.75, 3.05) is 25.0 Å². The Balaban J connectivity index is 1.81. The highest BCUT2D eigenvalue weighted by Gasteiger charge is 2.33. The van der Waals surface area contributed by atoms with Crippen LogP contribution in [0.1, 0.15) is 36.6 Å². The zero-order valence-electron chi connectivity index (χ0n) is 14.5. The Labute approximate surface area is 154 Å². The van der Waals surface area contributed by atoms with E-state index >= 15 is 0 Å². The van der Waals surface area contributed by atoms with Crippen LogP contribution in [0, 0.1) is 10.1 Å². The van der Waals surface area contributed by atoms with E-state index in [1.54, 1.807) is 12.3 Å². The van der Waals surface area contributed by atoms with Gasteiger partial charge in [0.05, 0.1) is 22.8 Å². The lowest BCUT2D eigenvalue weighted by Crippen LogP contribution is -2.37. The van der Waals surface area contributed by atoms with E-state index in [9.17, 15) is 23.3 Å². The average Bonchev–Trinajstić information content (AvgIpc) is 3.16. The summed E-state index contributed by atoms with van der Waals surface area (Å²) in [5.41, 5.74) is -1.58. The zero-order chi connectivity index (χ0) is 19.4. The van der Waals surface area contributed by atoms with E-state index in [1.165, 1.54) is 0 Å². The van der Waals surface area contributed by atoms with Crippen LogP contribution in [0.25, 0.3) is 0 Å². The Morgan fingerprint density at radius 2 is 1.96 bits per heavy atom. The fraction of sp³-hybridized carbons (Fsp3) is 0.444. The van der Waals surface area contributed by atoms with Crippen LogP contribution in [-0.4, -0.2) is 29.5 Å². The smallest absolute Gasteiger partial charge is 0.416 e. The predicted octanol–water partition coefficient (Wildman–Crippen LogP) is 4.85. The number of nitro groups is 1. The number of nitrogens with zero attached hydrogens (tertiary/aromatic N) is 2. The number of hydrogen-bond donors (Lipinski definition) is 1. The summed E-state index contributed by atoms with van der Waals surface area (Å²) in [6.45, 7) is 2.05. The number of piperidine rings is 1. The molecule has 1 fully saturated rings. The molecule has 1 aliphatic heterocycles. The maximum Gasteiger partial charge on any atom is 0.416 e. The van der Waals surface area contributed by atoms with Gasteiger partial charge in [-0.3, -0.25) is 15.0 Å².